The summed E-state index contributed by atoms with van der Waals surface area (Å²) in [6.07, 6.45) is 1.97. The molecule has 0 aliphatic carbocycles. The van der Waals surface area contributed by atoms with E-state index in [0.29, 0.717) is 13.0 Å². The third kappa shape index (κ3) is 4.01. The molecule has 94 valence electrons. The molecule has 0 spiro atoms. The van der Waals surface area contributed by atoms with E-state index in [1.54, 1.807) is 13.2 Å². The molecule has 6 nitrogen and oxygen atoms in total. The lowest BCUT2D eigenvalue weighted by Crippen LogP contribution is -2.27. The summed E-state index contributed by atoms with van der Waals surface area (Å²) in [5.41, 5.74) is 0.103. The van der Waals surface area contributed by atoms with Crippen molar-refractivity contribution in [2.24, 2.45) is 0 Å². The number of anilines is 1. The van der Waals surface area contributed by atoms with Crippen LogP contribution in [-0.4, -0.2) is 47.5 Å². The van der Waals surface area contributed by atoms with Crippen LogP contribution in [0.2, 0.25) is 0 Å². The van der Waals surface area contributed by atoms with Crippen molar-refractivity contribution in [2.45, 2.75) is 12.5 Å². The second-order valence-corrected chi connectivity index (χ2v) is 3.51. The topological polar surface area (TPSA) is 91.7 Å². The number of nitrogens with zero attached hydrogens (tertiary/aromatic N) is 1. The van der Waals surface area contributed by atoms with E-state index in [-0.39, 0.29) is 24.0 Å². The Morgan fingerprint density at radius 1 is 1.65 bits per heavy atom. The summed E-state index contributed by atoms with van der Waals surface area (Å²) in [6, 6.07) is 2.87. The van der Waals surface area contributed by atoms with Gasteiger partial charge in [-0.2, -0.15) is 0 Å². The molecule has 1 aromatic rings. The first-order valence-corrected chi connectivity index (χ1v) is 5.23. The molecular formula is C11H16N2O4. The normalized spacial score (nSPS) is 12.1. The molecule has 0 aliphatic rings. The third-order valence-corrected chi connectivity index (χ3v) is 2.22. The molecule has 0 saturated carbocycles. The third-order valence-electron chi connectivity index (χ3n) is 2.22. The minimum Gasteiger partial charge on any atom is -0.478 e. The predicted octanol–water partition coefficient (Wildman–Crippen LogP) is 0.589. The molecule has 0 saturated heterocycles. The minimum absolute atomic E-state index is 0.00371. The van der Waals surface area contributed by atoms with E-state index >= 15 is 0 Å². The average molecular weight is 240 g/mol. The van der Waals surface area contributed by atoms with Crippen LogP contribution in [0, 0.1) is 0 Å². The Kier molecular flexibility index (Phi) is 5.38. The summed E-state index contributed by atoms with van der Waals surface area (Å²) < 4.78 is 4.98. The molecule has 0 aromatic carbocycles. The summed E-state index contributed by atoms with van der Waals surface area (Å²) in [5, 5.41) is 20.8. The summed E-state index contributed by atoms with van der Waals surface area (Å²) in [7, 11) is 1.54. The van der Waals surface area contributed by atoms with Crippen molar-refractivity contribution in [1.29, 1.82) is 0 Å². The fourth-order valence-electron chi connectivity index (χ4n) is 1.44. The SMILES string of the molecule is COCC(CCO)Nc1ncccc1C(=O)O. The van der Waals surface area contributed by atoms with Gasteiger partial charge in [0.15, 0.2) is 0 Å². The maximum atomic E-state index is 11.0. The van der Waals surface area contributed by atoms with Crippen LogP contribution >= 0.6 is 0 Å². The lowest BCUT2D eigenvalue weighted by molar-refractivity contribution is 0.0697. The van der Waals surface area contributed by atoms with Gasteiger partial charge in [0, 0.05) is 19.9 Å². The zero-order valence-electron chi connectivity index (χ0n) is 9.59. The number of aromatic nitrogens is 1. The molecule has 0 amide bonds. The molecule has 1 aromatic heterocycles. The number of aliphatic hydroxyl groups is 1. The second-order valence-electron chi connectivity index (χ2n) is 3.51. The number of aromatic carboxylic acids is 1. The number of carboxylic acid groups (broad SMARTS) is 1. The number of carboxylic acids is 1. The van der Waals surface area contributed by atoms with E-state index in [4.69, 9.17) is 14.9 Å². The molecule has 0 fully saturated rings. The van der Waals surface area contributed by atoms with Gasteiger partial charge in [0.2, 0.25) is 0 Å². The predicted molar refractivity (Wildman–Crippen MR) is 62.2 cm³/mol. The minimum atomic E-state index is -1.04. The van der Waals surface area contributed by atoms with Crippen LogP contribution in [0.15, 0.2) is 18.3 Å². The number of hydrogen-bond donors (Lipinski definition) is 3. The zero-order valence-corrected chi connectivity index (χ0v) is 9.59. The van der Waals surface area contributed by atoms with Crippen molar-refractivity contribution in [1.82, 2.24) is 4.98 Å². The maximum Gasteiger partial charge on any atom is 0.339 e. The molecule has 3 N–H and O–H groups in total. The Balaban J connectivity index is 2.80. The van der Waals surface area contributed by atoms with Gasteiger partial charge in [-0.3, -0.25) is 0 Å². The Bertz CT molecular complexity index is 364. The fraction of sp³-hybridized carbons (Fsp3) is 0.455. The average Bonchev–Trinajstić information content (AvgIpc) is 2.30. The Morgan fingerprint density at radius 3 is 3.00 bits per heavy atom. The lowest BCUT2D eigenvalue weighted by Gasteiger charge is -2.18. The molecule has 0 radical (unpaired) electrons. The first-order chi connectivity index (χ1) is 8.19. The number of ether oxygens (including phenoxy) is 1. The molecule has 17 heavy (non-hydrogen) atoms. The van der Waals surface area contributed by atoms with Gasteiger partial charge in [-0.1, -0.05) is 0 Å². The Labute approximate surface area is 99.3 Å². The van der Waals surface area contributed by atoms with E-state index in [1.165, 1.54) is 12.3 Å². The molecule has 0 bridgehead atoms. The van der Waals surface area contributed by atoms with Crippen molar-refractivity contribution in [2.75, 3.05) is 25.6 Å². The van der Waals surface area contributed by atoms with Crippen molar-refractivity contribution in [3.05, 3.63) is 23.9 Å². The Hall–Kier alpha value is -1.66. The standard InChI is InChI=1S/C11H16N2O4/c1-17-7-8(4-6-14)13-10-9(11(15)16)3-2-5-12-10/h2-3,5,8,14H,4,6-7H2,1H3,(H,12,13)(H,15,16). The lowest BCUT2D eigenvalue weighted by atomic mass is 10.2. The summed E-state index contributed by atoms with van der Waals surface area (Å²) in [4.78, 5) is 14.9. The highest BCUT2D eigenvalue weighted by Gasteiger charge is 2.14. The van der Waals surface area contributed by atoms with Crippen LogP contribution in [0.5, 0.6) is 0 Å². The van der Waals surface area contributed by atoms with Gasteiger partial charge in [0.25, 0.3) is 0 Å². The number of pyridine rings is 1. The van der Waals surface area contributed by atoms with Gasteiger partial charge in [0.1, 0.15) is 11.4 Å². The summed E-state index contributed by atoms with van der Waals surface area (Å²) in [5.74, 6) is -0.753. The Morgan fingerprint density at radius 2 is 2.41 bits per heavy atom. The van der Waals surface area contributed by atoms with Gasteiger partial charge >= 0.3 is 5.97 Å². The molecule has 0 aliphatic heterocycles. The smallest absolute Gasteiger partial charge is 0.339 e. The van der Waals surface area contributed by atoms with Gasteiger partial charge in [0.05, 0.1) is 12.6 Å². The van der Waals surface area contributed by atoms with Crippen LogP contribution < -0.4 is 5.32 Å². The van der Waals surface area contributed by atoms with Crippen LogP contribution in [0.25, 0.3) is 0 Å². The fourth-order valence-corrected chi connectivity index (χ4v) is 1.44. The van der Waals surface area contributed by atoms with E-state index in [0.717, 1.165) is 0 Å². The van der Waals surface area contributed by atoms with Crippen molar-refractivity contribution in [3.8, 4) is 0 Å². The highest BCUT2D eigenvalue weighted by atomic mass is 16.5. The number of rotatable bonds is 7. The van der Waals surface area contributed by atoms with Gasteiger partial charge in [-0.05, 0) is 18.6 Å². The summed E-state index contributed by atoms with van der Waals surface area (Å²) in [6.45, 7) is 0.368. The largest absolute Gasteiger partial charge is 0.478 e. The quantitative estimate of drug-likeness (QED) is 0.646. The highest BCUT2D eigenvalue weighted by molar-refractivity contribution is 5.93. The van der Waals surface area contributed by atoms with Gasteiger partial charge < -0.3 is 20.3 Å². The van der Waals surface area contributed by atoms with Crippen LogP contribution in [-0.2, 0) is 4.74 Å². The summed E-state index contributed by atoms with van der Waals surface area (Å²) >= 11 is 0. The second kappa shape index (κ2) is 6.82. The van der Waals surface area contributed by atoms with Gasteiger partial charge in [-0.15, -0.1) is 0 Å². The van der Waals surface area contributed by atoms with Crippen LogP contribution in [0.1, 0.15) is 16.8 Å². The molecule has 1 unspecified atom stereocenters. The molecular weight excluding hydrogens is 224 g/mol. The number of carbonyl (C=O) groups is 1. The highest BCUT2D eigenvalue weighted by Crippen LogP contribution is 2.13. The monoisotopic (exact) mass is 240 g/mol. The zero-order chi connectivity index (χ0) is 12.7. The van der Waals surface area contributed by atoms with Crippen LogP contribution in [0.3, 0.4) is 0 Å². The van der Waals surface area contributed by atoms with Crippen molar-refractivity contribution < 1.29 is 19.7 Å². The van der Waals surface area contributed by atoms with Crippen molar-refractivity contribution in [3.63, 3.8) is 0 Å². The van der Waals surface area contributed by atoms with Crippen molar-refractivity contribution >= 4 is 11.8 Å². The number of methoxy groups -OCH3 is 1. The van der Waals surface area contributed by atoms with Gasteiger partial charge in [-0.25, -0.2) is 9.78 Å². The molecule has 1 atom stereocenters. The molecule has 1 heterocycles. The first-order valence-electron chi connectivity index (χ1n) is 5.23. The van der Waals surface area contributed by atoms with E-state index in [9.17, 15) is 4.79 Å². The first kappa shape index (κ1) is 13.4. The van der Waals surface area contributed by atoms with Crippen LogP contribution in [0.4, 0.5) is 5.82 Å². The number of aliphatic hydroxyl groups excluding tert-OH is 1. The van der Waals surface area contributed by atoms with E-state index in [2.05, 4.69) is 10.3 Å². The number of nitrogens with one attached hydrogen (secondary N) is 1. The molecule has 1 rings (SSSR count). The molecule has 6 heteroatoms. The number of hydrogen-bond acceptors (Lipinski definition) is 5. The van der Waals surface area contributed by atoms with E-state index in [1.807, 2.05) is 0 Å². The maximum absolute atomic E-state index is 11.0. The van der Waals surface area contributed by atoms with E-state index < -0.39 is 5.97 Å².